The molecule has 0 unspecified atom stereocenters. The summed E-state index contributed by atoms with van der Waals surface area (Å²) in [5.74, 6) is 0.568. The maximum Gasteiger partial charge on any atom is 0.227 e. The summed E-state index contributed by atoms with van der Waals surface area (Å²) in [7, 11) is 1.62. The van der Waals surface area contributed by atoms with Crippen LogP contribution in [0.3, 0.4) is 0 Å². The van der Waals surface area contributed by atoms with Crippen molar-refractivity contribution in [1.82, 2.24) is 14.9 Å². The molecule has 0 spiro atoms. The normalized spacial score (nSPS) is 16.3. The number of aromatic nitrogens is 2. The lowest BCUT2D eigenvalue weighted by Crippen LogP contribution is -2.40. The molecular weight excluding hydrogens is 381 g/mol. The van der Waals surface area contributed by atoms with Crippen LogP contribution in [0.4, 0.5) is 4.39 Å². The molecule has 154 valence electrons. The predicted molar refractivity (Wildman–Crippen MR) is 113 cm³/mol. The minimum absolute atomic E-state index is 0.0295. The standard InChI is InChI=1S/C24H24FN3O2/c1-30-19-10-8-17(9-11-19)15-22(29)28-14-4-5-18(16-28)23-24(27-13-12-26-23)20-6-2-3-7-21(20)25/h2-3,6-13,18H,4-5,14-16H2,1H3/t18-/m1/s1. The molecule has 2 aromatic carbocycles. The molecule has 5 nitrogen and oxygen atoms in total. The Morgan fingerprint density at radius 1 is 1.13 bits per heavy atom. The van der Waals surface area contributed by atoms with E-state index < -0.39 is 0 Å². The zero-order valence-electron chi connectivity index (χ0n) is 16.9. The van der Waals surface area contributed by atoms with E-state index in [2.05, 4.69) is 9.97 Å². The monoisotopic (exact) mass is 405 g/mol. The Morgan fingerprint density at radius 3 is 2.67 bits per heavy atom. The van der Waals surface area contributed by atoms with Crippen molar-refractivity contribution in [2.75, 3.05) is 20.2 Å². The molecule has 3 aromatic rings. The van der Waals surface area contributed by atoms with Crippen LogP contribution in [0.5, 0.6) is 5.75 Å². The fourth-order valence-electron chi connectivity index (χ4n) is 3.96. The number of piperidine rings is 1. The minimum atomic E-state index is -0.317. The van der Waals surface area contributed by atoms with Gasteiger partial charge in [0, 0.05) is 37.0 Å². The molecule has 0 saturated carbocycles. The molecule has 1 atom stereocenters. The predicted octanol–water partition coefficient (Wildman–Crippen LogP) is 4.24. The SMILES string of the molecule is COc1ccc(CC(=O)N2CCC[C@@H](c3nccnc3-c3ccccc3F)C2)cc1. The fourth-order valence-corrected chi connectivity index (χ4v) is 3.96. The summed E-state index contributed by atoms with van der Waals surface area (Å²) in [6.45, 7) is 1.29. The zero-order chi connectivity index (χ0) is 20.9. The summed E-state index contributed by atoms with van der Waals surface area (Å²) < 4.78 is 19.6. The molecule has 6 heteroatoms. The molecule has 0 N–H and O–H groups in total. The molecule has 2 heterocycles. The van der Waals surface area contributed by atoms with Crippen molar-refractivity contribution in [3.8, 4) is 17.0 Å². The largest absolute Gasteiger partial charge is 0.497 e. The van der Waals surface area contributed by atoms with Gasteiger partial charge in [0.2, 0.25) is 5.91 Å². The smallest absolute Gasteiger partial charge is 0.227 e. The number of amides is 1. The maximum absolute atomic E-state index is 14.4. The van der Waals surface area contributed by atoms with Crippen LogP contribution in [0.2, 0.25) is 0 Å². The Balaban J connectivity index is 1.52. The van der Waals surface area contributed by atoms with Crippen LogP contribution < -0.4 is 4.74 Å². The Hall–Kier alpha value is -3.28. The van der Waals surface area contributed by atoms with Crippen LogP contribution in [0.25, 0.3) is 11.3 Å². The van der Waals surface area contributed by atoms with E-state index >= 15 is 0 Å². The van der Waals surface area contributed by atoms with Gasteiger partial charge in [-0.1, -0.05) is 24.3 Å². The van der Waals surface area contributed by atoms with Crippen molar-refractivity contribution in [1.29, 1.82) is 0 Å². The van der Waals surface area contributed by atoms with Gasteiger partial charge >= 0.3 is 0 Å². The van der Waals surface area contributed by atoms with E-state index in [4.69, 9.17) is 4.74 Å². The molecule has 4 rings (SSSR count). The van der Waals surface area contributed by atoms with Crippen LogP contribution in [0.1, 0.15) is 30.0 Å². The van der Waals surface area contributed by atoms with E-state index in [1.54, 1.807) is 37.7 Å². The zero-order valence-corrected chi connectivity index (χ0v) is 16.9. The molecule has 1 fully saturated rings. The second-order valence-corrected chi connectivity index (χ2v) is 7.47. The number of likely N-dealkylation sites (tertiary alicyclic amines) is 1. The average Bonchev–Trinajstić information content (AvgIpc) is 2.80. The van der Waals surface area contributed by atoms with Crippen LogP contribution in [0, 0.1) is 5.82 Å². The molecule has 1 aliphatic heterocycles. The van der Waals surface area contributed by atoms with Crippen molar-refractivity contribution < 1.29 is 13.9 Å². The van der Waals surface area contributed by atoms with Crippen molar-refractivity contribution >= 4 is 5.91 Å². The number of hydrogen-bond donors (Lipinski definition) is 0. The van der Waals surface area contributed by atoms with E-state index in [1.807, 2.05) is 29.2 Å². The molecule has 0 bridgehead atoms. The number of carbonyl (C=O) groups excluding carboxylic acids is 1. The van der Waals surface area contributed by atoms with Crippen molar-refractivity contribution in [3.05, 3.63) is 78.0 Å². The lowest BCUT2D eigenvalue weighted by atomic mass is 9.91. The lowest BCUT2D eigenvalue weighted by Gasteiger charge is -2.33. The summed E-state index contributed by atoms with van der Waals surface area (Å²) in [6, 6.07) is 14.2. The van der Waals surface area contributed by atoms with Gasteiger partial charge in [0.05, 0.1) is 24.9 Å². The summed E-state index contributed by atoms with van der Waals surface area (Å²) in [4.78, 5) is 23.8. The summed E-state index contributed by atoms with van der Waals surface area (Å²) >= 11 is 0. The molecule has 0 aliphatic carbocycles. The van der Waals surface area contributed by atoms with Crippen LogP contribution in [-0.4, -0.2) is 41.0 Å². The third kappa shape index (κ3) is 4.32. The van der Waals surface area contributed by atoms with E-state index in [0.717, 1.165) is 36.4 Å². The first-order valence-corrected chi connectivity index (χ1v) is 10.1. The van der Waals surface area contributed by atoms with Crippen molar-refractivity contribution in [2.45, 2.75) is 25.2 Å². The molecular formula is C24H24FN3O2. The number of carbonyl (C=O) groups is 1. The Kier molecular flexibility index (Phi) is 6.02. The Bertz CT molecular complexity index is 1020. The van der Waals surface area contributed by atoms with E-state index in [0.29, 0.717) is 24.2 Å². The quantitative estimate of drug-likeness (QED) is 0.637. The van der Waals surface area contributed by atoms with Crippen molar-refractivity contribution in [2.24, 2.45) is 0 Å². The maximum atomic E-state index is 14.4. The number of hydrogen-bond acceptors (Lipinski definition) is 4. The Labute approximate surface area is 175 Å². The first-order valence-electron chi connectivity index (χ1n) is 10.1. The van der Waals surface area contributed by atoms with Gasteiger partial charge in [0.1, 0.15) is 11.6 Å². The molecule has 1 aromatic heterocycles. The number of nitrogens with zero attached hydrogens (tertiary/aromatic N) is 3. The number of benzene rings is 2. The minimum Gasteiger partial charge on any atom is -0.497 e. The van der Waals surface area contributed by atoms with Gasteiger partial charge in [-0.15, -0.1) is 0 Å². The topological polar surface area (TPSA) is 55.3 Å². The van der Waals surface area contributed by atoms with Gasteiger partial charge in [-0.3, -0.25) is 14.8 Å². The number of rotatable bonds is 5. The van der Waals surface area contributed by atoms with Gasteiger partial charge in [0.15, 0.2) is 0 Å². The summed E-state index contributed by atoms with van der Waals surface area (Å²) in [5.41, 5.74) is 2.71. The first-order chi connectivity index (χ1) is 14.7. The van der Waals surface area contributed by atoms with E-state index in [9.17, 15) is 9.18 Å². The van der Waals surface area contributed by atoms with Gasteiger partial charge in [0.25, 0.3) is 0 Å². The fraction of sp³-hybridized carbons (Fsp3) is 0.292. The first kappa shape index (κ1) is 20.0. The second-order valence-electron chi connectivity index (χ2n) is 7.47. The van der Waals surface area contributed by atoms with Crippen LogP contribution in [0.15, 0.2) is 60.9 Å². The van der Waals surface area contributed by atoms with Gasteiger partial charge in [-0.05, 0) is 42.7 Å². The number of methoxy groups -OCH3 is 1. The number of ether oxygens (including phenoxy) is 1. The molecule has 1 amide bonds. The summed E-state index contributed by atoms with van der Waals surface area (Å²) in [5, 5.41) is 0. The van der Waals surface area contributed by atoms with Crippen molar-refractivity contribution in [3.63, 3.8) is 0 Å². The summed E-state index contributed by atoms with van der Waals surface area (Å²) in [6.07, 6.45) is 5.34. The lowest BCUT2D eigenvalue weighted by molar-refractivity contribution is -0.131. The van der Waals surface area contributed by atoms with E-state index in [1.165, 1.54) is 6.07 Å². The highest BCUT2D eigenvalue weighted by molar-refractivity contribution is 5.79. The van der Waals surface area contributed by atoms with Gasteiger partial charge < -0.3 is 9.64 Å². The highest BCUT2D eigenvalue weighted by atomic mass is 19.1. The molecule has 30 heavy (non-hydrogen) atoms. The average molecular weight is 405 g/mol. The number of halogens is 1. The highest BCUT2D eigenvalue weighted by Gasteiger charge is 2.28. The van der Waals surface area contributed by atoms with Gasteiger partial charge in [-0.25, -0.2) is 4.39 Å². The highest BCUT2D eigenvalue weighted by Crippen LogP contribution is 2.33. The second kappa shape index (κ2) is 9.03. The van der Waals surface area contributed by atoms with Gasteiger partial charge in [-0.2, -0.15) is 0 Å². The molecule has 1 saturated heterocycles. The third-order valence-corrected chi connectivity index (χ3v) is 5.53. The van der Waals surface area contributed by atoms with E-state index in [-0.39, 0.29) is 17.6 Å². The van der Waals surface area contributed by atoms with Crippen LogP contribution >= 0.6 is 0 Å². The molecule has 0 radical (unpaired) electrons. The van der Waals surface area contributed by atoms with Crippen LogP contribution in [-0.2, 0) is 11.2 Å². The molecule has 1 aliphatic rings. The Morgan fingerprint density at radius 2 is 1.90 bits per heavy atom. The third-order valence-electron chi connectivity index (χ3n) is 5.53.